The maximum absolute atomic E-state index is 12.6. The summed E-state index contributed by atoms with van der Waals surface area (Å²) in [6, 6.07) is 10.5. The summed E-state index contributed by atoms with van der Waals surface area (Å²) < 4.78 is 32.9. The fourth-order valence-corrected chi connectivity index (χ4v) is 4.06. The molecule has 9 heteroatoms. The van der Waals surface area contributed by atoms with Crippen molar-refractivity contribution in [3.8, 4) is 5.75 Å². The van der Waals surface area contributed by atoms with Gasteiger partial charge in [0.15, 0.2) is 0 Å². The van der Waals surface area contributed by atoms with Gasteiger partial charge in [-0.05, 0) is 55.3 Å². The number of hydrogen-bond acceptors (Lipinski definition) is 5. The number of rotatable bonds is 7. The molecule has 1 fully saturated rings. The molecular formula is C19H21N3O5S. The van der Waals surface area contributed by atoms with E-state index < -0.39 is 15.9 Å². The third kappa shape index (κ3) is 4.49. The van der Waals surface area contributed by atoms with E-state index >= 15 is 0 Å². The molecule has 148 valence electrons. The summed E-state index contributed by atoms with van der Waals surface area (Å²) in [6.07, 6.45) is 1.60. The Hall–Kier alpha value is -2.91. The van der Waals surface area contributed by atoms with Crippen molar-refractivity contribution in [1.29, 1.82) is 0 Å². The molecule has 2 aromatic carbocycles. The number of hydrogen-bond donors (Lipinski definition) is 3. The van der Waals surface area contributed by atoms with Crippen LogP contribution in [0.4, 0.5) is 5.69 Å². The van der Waals surface area contributed by atoms with Crippen molar-refractivity contribution >= 4 is 27.5 Å². The summed E-state index contributed by atoms with van der Waals surface area (Å²) in [5.74, 6) is -0.538. The lowest BCUT2D eigenvalue weighted by atomic mass is 10.1. The van der Waals surface area contributed by atoms with Crippen LogP contribution in [0.2, 0.25) is 0 Å². The van der Waals surface area contributed by atoms with Crippen LogP contribution < -0.4 is 20.1 Å². The van der Waals surface area contributed by atoms with Crippen LogP contribution >= 0.6 is 0 Å². The number of anilines is 1. The van der Waals surface area contributed by atoms with Crippen molar-refractivity contribution in [3.63, 3.8) is 0 Å². The fraction of sp³-hybridized carbons (Fsp3) is 0.263. The molecule has 8 nitrogen and oxygen atoms in total. The van der Waals surface area contributed by atoms with Gasteiger partial charge >= 0.3 is 0 Å². The van der Waals surface area contributed by atoms with Crippen molar-refractivity contribution in [1.82, 2.24) is 10.0 Å². The van der Waals surface area contributed by atoms with Gasteiger partial charge in [0, 0.05) is 29.9 Å². The van der Waals surface area contributed by atoms with E-state index in [-0.39, 0.29) is 28.2 Å². The van der Waals surface area contributed by atoms with Crippen LogP contribution in [0, 0.1) is 0 Å². The van der Waals surface area contributed by atoms with Crippen molar-refractivity contribution in [2.45, 2.75) is 23.8 Å². The smallest absolute Gasteiger partial charge is 0.255 e. The van der Waals surface area contributed by atoms with Gasteiger partial charge in [-0.15, -0.1) is 0 Å². The predicted octanol–water partition coefficient (Wildman–Crippen LogP) is 1.75. The topological polar surface area (TPSA) is 114 Å². The minimum Gasteiger partial charge on any atom is -0.495 e. The summed E-state index contributed by atoms with van der Waals surface area (Å²) in [6.45, 7) is 0. The molecule has 3 N–H and O–H groups in total. The minimum absolute atomic E-state index is 0.0639. The Bertz CT molecular complexity index is 999. The van der Waals surface area contributed by atoms with Gasteiger partial charge in [-0.2, -0.15) is 0 Å². The average molecular weight is 403 g/mol. The second kappa shape index (κ2) is 7.99. The van der Waals surface area contributed by atoms with Gasteiger partial charge in [0.2, 0.25) is 10.0 Å². The Kier molecular flexibility index (Phi) is 5.66. The highest BCUT2D eigenvalue weighted by molar-refractivity contribution is 7.89. The number of amides is 2. The molecule has 0 unspecified atom stereocenters. The Balaban J connectivity index is 1.81. The standard InChI is InChI=1S/C19H21N3O5S/c1-20-18(23)12-3-6-14(7-4-12)21-19(24)13-5-10-16(27-2)17(11-13)28(25,26)22-15-8-9-15/h3-7,10-11,15,22H,8-9H2,1-2H3,(H,20,23)(H,21,24). The van der Waals surface area contributed by atoms with Crippen LogP contribution in [0.5, 0.6) is 5.75 Å². The van der Waals surface area contributed by atoms with E-state index in [2.05, 4.69) is 15.4 Å². The zero-order valence-corrected chi connectivity index (χ0v) is 16.3. The monoisotopic (exact) mass is 403 g/mol. The second-order valence-corrected chi connectivity index (χ2v) is 8.05. The Morgan fingerprint density at radius 1 is 1.00 bits per heavy atom. The van der Waals surface area contributed by atoms with Crippen molar-refractivity contribution in [3.05, 3.63) is 53.6 Å². The van der Waals surface area contributed by atoms with Gasteiger partial charge in [-0.25, -0.2) is 13.1 Å². The zero-order valence-electron chi connectivity index (χ0n) is 15.5. The van der Waals surface area contributed by atoms with Crippen LogP contribution in [0.1, 0.15) is 33.6 Å². The summed E-state index contributed by atoms with van der Waals surface area (Å²) in [5.41, 5.74) is 1.12. The number of carbonyl (C=O) groups is 2. The highest BCUT2D eigenvalue weighted by Crippen LogP contribution is 2.28. The van der Waals surface area contributed by atoms with Crippen LogP contribution in [-0.4, -0.2) is 40.4 Å². The van der Waals surface area contributed by atoms with Crippen LogP contribution in [0.3, 0.4) is 0 Å². The minimum atomic E-state index is -3.79. The lowest BCUT2D eigenvalue weighted by Crippen LogP contribution is -2.26. The van der Waals surface area contributed by atoms with Gasteiger partial charge in [0.25, 0.3) is 11.8 Å². The molecule has 0 aromatic heterocycles. The Morgan fingerprint density at radius 2 is 1.64 bits per heavy atom. The SMILES string of the molecule is CNC(=O)c1ccc(NC(=O)c2ccc(OC)c(S(=O)(=O)NC3CC3)c2)cc1. The van der Waals surface area contributed by atoms with E-state index in [9.17, 15) is 18.0 Å². The second-order valence-electron chi connectivity index (χ2n) is 6.37. The van der Waals surface area contributed by atoms with Crippen LogP contribution in [0.15, 0.2) is 47.4 Å². The molecule has 1 saturated carbocycles. The van der Waals surface area contributed by atoms with E-state index in [1.54, 1.807) is 24.3 Å². The van der Waals surface area contributed by atoms with Crippen molar-refractivity contribution in [2.24, 2.45) is 0 Å². The van der Waals surface area contributed by atoms with E-state index in [4.69, 9.17) is 4.74 Å². The number of benzene rings is 2. The summed E-state index contributed by atoms with van der Waals surface area (Å²) in [4.78, 5) is 24.0. The molecule has 0 heterocycles. The largest absolute Gasteiger partial charge is 0.495 e. The first kappa shape index (κ1) is 19.8. The van der Waals surface area contributed by atoms with E-state index in [0.717, 1.165) is 12.8 Å². The molecule has 0 saturated heterocycles. The lowest BCUT2D eigenvalue weighted by Gasteiger charge is -2.12. The van der Waals surface area contributed by atoms with E-state index in [0.29, 0.717) is 11.3 Å². The highest BCUT2D eigenvalue weighted by Gasteiger charge is 2.30. The van der Waals surface area contributed by atoms with E-state index in [1.807, 2.05) is 0 Å². The molecule has 3 rings (SSSR count). The first-order valence-corrected chi connectivity index (χ1v) is 10.2. The highest BCUT2D eigenvalue weighted by atomic mass is 32.2. The summed E-state index contributed by atoms with van der Waals surface area (Å²) >= 11 is 0. The molecule has 2 aromatic rings. The van der Waals surface area contributed by atoms with Gasteiger partial charge in [-0.1, -0.05) is 0 Å². The van der Waals surface area contributed by atoms with Gasteiger partial charge in [0.05, 0.1) is 7.11 Å². The van der Waals surface area contributed by atoms with Gasteiger partial charge in [0.1, 0.15) is 10.6 Å². The van der Waals surface area contributed by atoms with Gasteiger partial charge < -0.3 is 15.4 Å². The molecule has 2 amide bonds. The van der Waals surface area contributed by atoms with Crippen molar-refractivity contribution in [2.75, 3.05) is 19.5 Å². The Labute approximate surface area is 163 Å². The molecule has 0 aliphatic heterocycles. The fourth-order valence-electron chi connectivity index (χ4n) is 2.56. The normalized spacial score (nSPS) is 13.6. The quantitative estimate of drug-likeness (QED) is 0.652. The lowest BCUT2D eigenvalue weighted by molar-refractivity contribution is 0.0962. The number of sulfonamides is 1. The first-order chi connectivity index (χ1) is 13.3. The number of ether oxygens (including phenoxy) is 1. The molecule has 0 radical (unpaired) electrons. The maximum atomic E-state index is 12.6. The Morgan fingerprint density at radius 3 is 2.21 bits per heavy atom. The maximum Gasteiger partial charge on any atom is 0.255 e. The molecular weight excluding hydrogens is 382 g/mol. The average Bonchev–Trinajstić information content (AvgIpc) is 3.50. The van der Waals surface area contributed by atoms with Crippen LogP contribution in [-0.2, 0) is 10.0 Å². The number of methoxy groups -OCH3 is 1. The number of carbonyl (C=O) groups excluding carboxylic acids is 2. The summed E-state index contributed by atoms with van der Waals surface area (Å²) in [5, 5.41) is 5.20. The van der Waals surface area contributed by atoms with E-state index in [1.165, 1.54) is 32.4 Å². The predicted molar refractivity (Wildman–Crippen MR) is 104 cm³/mol. The third-order valence-electron chi connectivity index (χ3n) is 4.25. The first-order valence-electron chi connectivity index (χ1n) is 8.68. The zero-order chi connectivity index (χ0) is 20.3. The molecule has 28 heavy (non-hydrogen) atoms. The van der Waals surface area contributed by atoms with Gasteiger partial charge in [-0.3, -0.25) is 9.59 Å². The molecule has 0 spiro atoms. The molecule has 1 aliphatic carbocycles. The number of nitrogens with one attached hydrogen (secondary N) is 3. The third-order valence-corrected chi connectivity index (χ3v) is 5.79. The van der Waals surface area contributed by atoms with Crippen LogP contribution in [0.25, 0.3) is 0 Å². The summed E-state index contributed by atoms with van der Waals surface area (Å²) in [7, 11) is -0.879. The molecule has 0 bridgehead atoms. The molecule has 0 atom stereocenters. The van der Waals surface area contributed by atoms with Crippen molar-refractivity contribution < 1.29 is 22.7 Å². The molecule has 1 aliphatic rings.